The Kier molecular flexibility index (Phi) is 5.82. The number of nitrogens with one attached hydrogen (secondary N) is 1. The van der Waals surface area contributed by atoms with Crippen LogP contribution in [0.1, 0.15) is 29.9 Å². The molecule has 0 spiro atoms. The minimum absolute atomic E-state index is 0.177. The van der Waals surface area contributed by atoms with E-state index in [0.717, 1.165) is 20.9 Å². The van der Waals surface area contributed by atoms with Gasteiger partial charge < -0.3 is 10.4 Å². The van der Waals surface area contributed by atoms with Crippen LogP contribution in [-0.2, 0) is 6.54 Å². The van der Waals surface area contributed by atoms with Crippen molar-refractivity contribution in [3.05, 3.63) is 62.2 Å². The molecule has 0 aliphatic rings. The summed E-state index contributed by atoms with van der Waals surface area (Å²) < 4.78 is 2.62. The Balaban J connectivity index is 2.05. The first-order valence-electron chi connectivity index (χ1n) is 8.23. The van der Waals surface area contributed by atoms with E-state index >= 15 is 0 Å². The molecular formula is C19H18BrCl2N3O2. The van der Waals surface area contributed by atoms with Crippen LogP contribution in [0.2, 0.25) is 10.0 Å². The molecule has 5 nitrogen and oxygen atoms in total. The summed E-state index contributed by atoms with van der Waals surface area (Å²) in [7, 11) is 0. The van der Waals surface area contributed by atoms with Crippen LogP contribution < -0.4 is 5.32 Å². The Bertz CT molecular complexity index is 997. The molecule has 0 saturated carbocycles. The molecular weight excluding hydrogens is 453 g/mol. The highest BCUT2D eigenvalue weighted by Crippen LogP contribution is 2.26. The van der Waals surface area contributed by atoms with Crippen LogP contribution in [0, 0.1) is 0 Å². The van der Waals surface area contributed by atoms with Crippen molar-refractivity contribution in [3.8, 4) is 0 Å². The highest BCUT2D eigenvalue weighted by Gasteiger charge is 2.24. The zero-order chi connectivity index (χ0) is 19.8. The molecule has 1 amide bonds. The van der Waals surface area contributed by atoms with E-state index in [2.05, 4.69) is 26.3 Å². The van der Waals surface area contributed by atoms with Gasteiger partial charge in [0.2, 0.25) is 0 Å². The van der Waals surface area contributed by atoms with Gasteiger partial charge in [-0.25, -0.2) is 0 Å². The predicted octanol–water partition coefficient (Wildman–Crippen LogP) is 4.65. The molecule has 2 aromatic carbocycles. The molecule has 0 atom stereocenters. The third kappa shape index (κ3) is 4.63. The molecule has 8 heteroatoms. The summed E-state index contributed by atoms with van der Waals surface area (Å²) in [5.74, 6) is -0.343. The monoisotopic (exact) mass is 469 g/mol. The summed E-state index contributed by atoms with van der Waals surface area (Å²) in [5, 5.41) is 18.5. The standard InChI is InChI=1S/C19H18BrCl2N3O2/c1-19(2,10-26)23-18(27)17-15-4-3-12(20)7-16(15)25(24-17)9-11-5-13(21)8-14(22)6-11/h3-8,26H,9-10H2,1-2H3,(H,23,27). The van der Waals surface area contributed by atoms with Crippen molar-refractivity contribution < 1.29 is 9.90 Å². The number of benzene rings is 2. The van der Waals surface area contributed by atoms with Crippen molar-refractivity contribution in [2.45, 2.75) is 25.9 Å². The smallest absolute Gasteiger partial charge is 0.272 e. The molecule has 0 saturated heterocycles. The molecule has 0 aliphatic carbocycles. The number of aliphatic hydroxyl groups is 1. The molecule has 0 bridgehead atoms. The fourth-order valence-electron chi connectivity index (χ4n) is 2.72. The number of halogens is 3. The van der Waals surface area contributed by atoms with Crippen LogP contribution in [0.25, 0.3) is 10.9 Å². The Morgan fingerprint density at radius 2 is 1.89 bits per heavy atom. The lowest BCUT2D eigenvalue weighted by Gasteiger charge is -2.22. The van der Waals surface area contributed by atoms with Gasteiger partial charge in [0.05, 0.1) is 24.2 Å². The zero-order valence-electron chi connectivity index (χ0n) is 14.8. The number of aromatic nitrogens is 2. The number of hydrogen-bond acceptors (Lipinski definition) is 3. The minimum Gasteiger partial charge on any atom is -0.394 e. The quantitative estimate of drug-likeness (QED) is 0.570. The van der Waals surface area contributed by atoms with Crippen molar-refractivity contribution in [1.29, 1.82) is 0 Å². The summed E-state index contributed by atoms with van der Waals surface area (Å²) >= 11 is 15.7. The van der Waals surface area contributed by atoms with Gasteiger partial charge in [-0.2, -0.15) is 5.10 Å². The third-order valence-corrected chi connectivity index (χ3v) is 4.96. The molecule has 0 unspecified atom stereocenters. The Labute approximate surface area is 175 Å². The molecule has 0 fully saturated rings. The van der Waals surface area contributed by atoms with Gasteiger partial charge in [-0.05, 0) is 55.8 Å². The maximum Gasteiger partial charge on any atom is 0.272 e. The second kappa shape index (κ2) is 7.80. The average Bonchev–Trinajstić information content (AvgIpc) is 2.91. The van der Waals surface area contributed by atoms with Crippen LogP contribution in [0.4, 0.5) is 0 Å². The van der Waals surface area contributed by atoms with E-state index in [4.69, 9.17) is 23.2 Å². The first-order valence-corrected chi connectivity index (χ1v) is 9.78. The van der Waals surface area contributed by atoms with Gasteiger partial charge in [0.1, 0.15) is 0 Å². The number of hydrogen-bond donors (Lipinski definition) is 2. The first kappa shape index (κ1) is 20.1. The minimum atomic E-state index is -0.747. The molecule has 3 rings (SSSR count). The SMILES string of the molecule is CC(C)(CO)NC(=O)c1nn(Cc2cc(Cl)cc(Cl)c2)c2cc(Br)ccc12. The van der Waals surface area contributed by atoms with Crippen LogP contribution >= 0.6 is 39.1 Å². The normalized spacial score (nSPS) is 11.8. The van der Waals surface area contributed by atoms with Crippen molar-refractivity contribution in [1.82, 2.24) is 15.1 Å². The summed E-state index contributed by atoms with van der Waals surface area (Å²) in [6.45, 7) is 3.72. The number of amides is 1. The maximum atomic E-state index is 12.7. The molecule has 2 N–H and O–H groups in total. The lowest BCUT2D eigenvalue weighted by atomic mass is 10.1. The van der Waals surface area contributed by atoms with Gasteiger partial charge in [0, 0.05) is 19.9 Å². The lowest BCUT2D eigenvalue weighted by molar-refractivity contribution is 0.0865. The molecule has 1 heterocycles. The number of carbonyl (C=O) groups excluding carboxylic acids is 1. The predicted molar refractivity (Wildman–Crippen MR) is 112 cm³/mol. The summed E-state index contributed by atoms with van der Waals surface area (Å²) in [4.78, 5) is 12.7. The number of fused-ring (bicyclic) bond motifs is 1. The van der Waals surface area contributed by atoms with E-state index in [9.17, 15) is 9.90 Å². The average molecular weight is 471 g/mol. The largest absolute Gasteiger partial charge is 0.394 e. The number of rotatable bonds is 5. The molecule has 142 valence electrons. The van der Waals surface area contributed by atoms with Crippen LogP contribution in [0.15, 0.2) is 40.9 Å². The van der Waals surface area contributed by atoms with Gasteiger partial charge in [0.15, 0.2) is 5.69 Å². The number of aliphatic hydroxyl groups excluding tert-OH is 1. The highest BCUT2D eigenvalue weighted by atomic mass is 79.9. The van der Waals surface area contributed by atoms with Crippen molar-refractivity contribution in [3.63, 3.8) is 0 Å². The van der Waals surface area contributed by atoms with E-state index < -0.39 is 5.54 Å². The number of carbonyl (C=O) groups is 1. The Hall–Kier alpha value is -1.60. The maximum absolute atomic E-state index is 12.7. The number of nitrogens with zero attached hydrogens (tertiary/aromatic N) is 2. The molecule has 27 heavy (non-hydrogen) atoms. The zero-order valence-corrected chi connectivity index (χ0v) is 17.9. The van der Waals surface area contributed by atoms with Crippen molar-refractivity contribution >= 4 is 55.9 Å². The van der Waals surface area contributed by atoms with Gasteiger partial charge in [-0.15, -0.1) is 0 Å². The van der Waals surface area contributed by atoms with E-state index in [-0.39, 0.29) is 12.5 Å². The van der Waals surface area contributed by atoms with Crippen molar-refractivity contribution in [2.75, 3.05) is 6.61 Å². The van der Waals surface area contributed by atoms with E-state index in [0.29, 0.717) is 22.3 Å². The first-order chi connectivity index (χ1) is 12.7. The fourth-order valence-corrected chi connectivity index (χ4v) is 3.64. The topological polar surface area (TPSA) is 67.2 Å². The summed E-state index contributed by atoms with van der Waals surface area (Å²) in [6, 6.07) is 10.9. The fraction of sp³-hybridized carbons (Fsp3) is 0.263. The molecule has 0 radical (unpaired) electrons. The molecule has 3 aromatic rings. The van der Waals surface area contributed by atoms with Gasteiger partial charge in [-0.3, -0.25) is 9.48 Å². The lowest BCUT2D eigenvalue weighted by Crippen LogP contribution is -2.46. The van der Waals surface area contributed by atoms with Crippen LogP contribution in [-0.4, -0.2) is 32.9 Å². The van der Waals surface area contributed by atoms with E-state index in [1.54, 1.807) is 24.6 Å². The van der Waals surface area contributed by atoms with Gasteiger partial charge in [-0.1, -0.05) is 39.1 Å². The second-order valence-corrected chi connectivity index (χ2v) is 8.73. The Morgan fingerprint density at radius 1 is 1.22 bits per heavy atom. The third-order valence-electron chi connectivity index (χ3n) is 4.03. The molecule has 1 aromatic heterocycles. The van der Waals surface area contributed by atoms with E-state index in [1.165, 1.54) is 0 Å². The Morgan fingerprint density at radius 3 is 2.52 bits per heavy atom. The van der Waals surface area contributed by atoms with Crippen LogP contribution in [0.3, 0.4) is 0 Å². The van der Waals surface area contributed by atoms with Crippen molar-refractivity contribution in [2.24, 2.45) is 0 Å². The van der Waals surface area contributed by atoms with Crippen LogP contribution in [0.5, 0.6) is 0 Å². The second-order valence-electron chi connectivity index (χ2n) is 6.94. The molecule has 0 aliphatic heterocycles. The summed E-state index contributed by atoms with van der Waals surface area (Å²) in [6.07, 6.45) is 0. The summed E-state index contributed by atoms with van der Waals surface area (Å²) in [5.41, 5.74) is 1.22. The van der Waals surface area contributed by atoms with E-state index in [1.807, 2.05) is 30.3 Å². The van der Waals surface area contributed by atoms with Gasteiger partial charge in [0.25, 0.3) is 5.91 Å². The van der Waals surface area contributed by atoms with Gasteiger partial charge >= 0.3 is 0 Å². The highest BCUT2D eigenvalue weighted by molar-refractivity contribution is 9.10.